The average Bonchev–Trinajstić information content (AvgIpc) is 3.04. The van der Waals surface area contributed by atoms with Crippen LogP contribution in [0.3, 0.4) is 0 Å². The van der Waals surface area contributed by atoms with Crippen LogP contribution in [0.4, 0.5) is 0 Å². The van der Waals surface area contributed by atoms with Gasteiger partial charge in [-0.3, -0.25) is 14.5 Å². The monoisotopic (exact) mass is 525 g/mol. The maximum atomic E-state index is 12.7. The van der Waals surface area contributed by atoms with Gasteiger partial charge in [0.1, 0.15) is 10.9 Å². The summed E-state index contributed by atoms with van der Waals surface area (Å²) in [5, 5.41) is 1.07. The third kappa shape index (κ3) is 6.63. The van der Waals surface area contributed by atoms with E-state index in [2.05, 4.69) is 0 Å². The van der Waals surface area contributed by atoms with Crippen LogP contribution >= 0.6 is 47.2 Å². The first-order chi connectivity index (χ1) is 15.8. The predicted molar refractivity (Wildman–Crippen MR) is 135 cm³/mol. The highest BCUT2D eigenvalue weighted by Gasteiger charge is 2.32. The Labute approximate surface area is 211 Å². The molecule has 0 spiro atoms. The minimum Gasteiger partial charge on any atom is -0.493 e. The van der Waals surface area contributed by atoms with Gasteiger partial charge in [-0.15, -0.1) is 0 Å². The van der Waals surface area contributed by atoms with E-state index >= 15 is 0 Å². The summed E-state index contributed by atoms with van der Waals surface area (Å²) in [7, 11) is 1.54. The Morgan fingerprint density at radius 3 is 2.67 bits per heavy atom. The molecular formula is C23H21Cl2NO5S2. The van der Waals surface area contributed by atoms with Gasteiger partial charge in [-0.05, 0) is 42.8 Å². The number of esters is 1. The fraction of sp³-hybridized carbons (Fsp3) is 0.261. The highest BCUT2D eigenvalue weighted by molar-refractivity contribution is 8.26. The third-order valence-electron chi connectivity index (χ3n) is 4.60. The molecule has 10 heteroatoms. The van der Waals surface area contributed by atoms with Gasteiger partial charge in [-0.1, -0.05) is 59.3 Å². The van der Waals surface area contributed by atoms with Crippen molar-refractivity contribution in [2.24, 2.45) is 0 Å². The summed E-state index contributed by atoms with van der Waals surface area (Å²) < 4.78 is 16.6. The molecule has 0 radical (unpaired) electrons. The minimum atomic E-state index is -0.365. The average molecular weight is 526 g/mol. The highest BCUT2D eigenvalue weighted by Crippen LogP contribution is 2.35. The Morgan fingerprint density at radius 1 is 1.18 bits per heavy atom. The minimum absolute atomic E-state index is 0.0883. The van der Waals surface area contributed by atoms with Gasteiger partial charge in [0.15, 0.2) is 11.5 Å². The summed E-state index contributed by atoms with van der Waals surface area (Å²) in [6.07, 6.45) is 1.82. The number of halogens is 2. The van der Waals surface area contributed by atoms with Crippen molar-refractivity contribution < 1.29 is 23.8 Å². The van der Waals surface area contributed by atoms with Crippen molar-refractivity contribution in [2.45, 2.75) is 20.0 Å². The van der Waals surface area contributed by atoms with Gasteiger partial charge in [-0.25, -0.2) is 0 Å². The molecule has 6 nitrogen and oxygen atoms in total. The summed E-state index contributed by atoms with van der Waals surface area (Å²) in [5.41, 5.74) is 1.54. The first kappa shape index (κ1) is 25.4. The molecule has 174 valence electrons. The van der Waals surface area contributed by atoms with Crippen LogP contribution in [0, 0.1) is 0 Å². The van der Waals surface area contributed by atoms with Crippen LogP contribution in [0.15, 0.2) is 41.3 Å². The number of thiocarbonyl (C=S) groups is 1. The van der Waals surface area contributed by atoms with Crippen molar-refractivity contribution in [1.82, 2.24) is 4.90 Å². The van der Waals surface area contributed by atoms with E-state index in [1.165, 1.54) is 23.8 Å². The second-order valence-electron chi connectivity index (χ2n) is 6.82. The fourth-order valence-corrected chi connectivity index (χ4v) is 4.74. The Morgan fingerprint density at radius 2 is 1.97 bits per heavy atom. The maximum Gasteiger partial charge on any atom is 0.307 e. The number of carbonyl (C=O) groups is 2. The van der Waals surface area contributed by atoms with Crippen molar-refractivity contribution in [3.63, 3.8) is 0 Å². The molecular weight excluding hydrogens is 505 g/mol. The molecule has 2 aromatic rings. The number of carbonyl (C=O) groups excluding carboxylic acids is 2. The lowest BCUT2D eigenvalue weighted by molar-refractivity contribution is -0.143. The van der Waals surface area contributed by atoms with Crippen molar-refractivity contribution >= 4 is 69.5 Å². The Balaban J connectivity index is 1.70. The van der Waals surface area contributed by atoms with Crippen LogP contribution in [0.2, 0.25) is 10.0 Å². The van der Waals surface area contributed by atoms with Gasteiger partial charge in [0.05, 0.1) is 25.0 Å². The topological polar surface area (TPSA) is 65.1 Å². The lowest BCUT2D eigenvalue weighted by Gasteiger charge is -2.13. The SMILES string of the molecule is CCOC(=O)CCN1C(=O)/C(=C/c2ccc(OCc3ccc(Cl)cc3Cl)c(OC)c2)SC1=S. The zero-order valence-electron chi connectivity index (χ0n) is 17.9. The molecule has 1 amide bonds. The van der Waals surface area contributed by atoms with Gasteiger partial charge in [-0.2, -0.15) is 0 Å². The molecule has 33 heavy (non-hydrogen) atoms. The zero-order valence-corrected chi connectivity index (χ0v) is 21.1. The smallest absolute Gasteiger partial charge is 0.307 e. The largest absolute Gasteiger partial charge is 0.493 e. The van der Waals surface area contributed by atoms with Gasteiger partial charge in [0.2, 0.25) is 0 Å². The zero-order chi connectivity index (χ0) is 24.0. The molecule has 0 bridgehead atoms. The van der Waals surface area contributed by atoms with Crippen LogP contribution in [0.25, 0.3) is 6.08 Å². The van der Waals surface area contributed by atoms with E-state index in [4.69, 9.17) is 49.6 Å². The molecule has 0 N–H and O–H groups in total. The van der Waals surface area contributed by atoms with Crippen molar-refractivity contribution in [3.8, 4) is 11.5 Å². The molecule has 1 aliphatic rings. The number of ether oxygens (including phenoxy) is 3. The number of methoxy groups -OCH3 is 1. The maximum absolute atomic E-state index is 12.7. The summed E-state index contributed by atoms with van der Waals surface area (Å²) >= 11 is 18.6. The van der Waals surface area contributed by atoms with E-state index in [9.17, 15) is 9.59 Å². The van der Waals surface area contributed by atoms with E-state index in [0.29, 0.717) is 37.4 Å². The molecule has 1 aliphatic heterocycles. The molecule has 0 saturated carbocycles. The second-order valence-corrected chi connectivity index (χ2v) is 9.34. The van der Waals surface area contributed by atoms with Crippen LogP contribution in [0.5, 0.6) is 11.5 Å². The van der Waals surface area contributed by atoms with E-state index in [-0.39, 0.29) is 31.4 Å². The summed E-state index contributed by atoms with van der Waals surface area (Å²) in [6, 6.07) is 10.5. The molecule has 1 heterocycles. The van der Waals surface area contributed by atoms with Gasteiger partial charge in [0, 0.05) is 22.2 Å². The molecule has 0 unspecified atom stereocenters. The van der Waals surface area contributed by atoms with Crippen molar-refractivity contribution in [2.75, 3.05) is 20.3 Å². The standard InChI is InChI=1S/C23H21Cl2NO5S2/c1-3-30-21(27)8-9-26-22(28)20(33-23(26)32)11-14-4-7-18(19(10-14)29-2)31-13-15-5-6-16(24)12-17(15)25/h4-7,10-12H,3,8-9,13H2,1-2H3/b20-11-. The number of hydrogen-bond acceptors (Lipinski definition) is 7. The van der Waals surface area contributed by atoms with E-state index in [0.717, 1.165) is 11.1 Å². The number of thioether (sulfide) groups is 1. The molecule has 1 saturated heterocycles. The van der Waals surface area contributed by atoms with Gasteiger partial charge in [0.25, 0.3) is 5.91 Å². The number of rotatable bonds is 9. The van der Waals surface area contributed by atoms with Crippen molar-refractivity contribution in [3.05, 3.63) is 62.5 Å². The second kappa shape index (κ2) is 11.7. The van der Waals surface area contributed by atoms with E-state index < -0.39 is 0 Å². The Hall–Kier alpha value is -2.26. The lowest BCUT2D eigenvalue weighted by Crippen LogP contribution is -2.30. The number of amides is 1. The van der Waals surface area contributed by atoms with E-state index in [1.54, 1.807) is 43.3 Å². The van der Waals surface area contributed by atoms with Crippen LogP contribution < -0.4 is 9.47 Å². The van der Waals surface area contributed by atoms with Crippen LogP contribution in [0.1, 0.15) is 24.5 Å². The van der Waals surface area contributed by atoms with Gasteiger partial charge < -0.3 is 14.2 Å². The molecule has 0 aliphatic carbocycles. The van der Waals surface area contributed by atoms with E-state index in [1.807, 2.05) is 6.07 Å². The number of nitrogens with zero attached hydrogens (tertiary/aromatic N) is 1. The Kier molecular flexibility index (Phi) is 9.02. The third-order valence-corrected chi connectivity index (χ3v) is 6.57. The predicted octanol–water partition coefficient (Wildman–Crippen LogP) is 5.74. The van der Waals surface area contributed by atoms with Crippen LogP contribution in [-0.2, 0) is 20.9 Å². The fourth-order valence-electron chi connectivity index (χ4n) is 2.97. The quantitative estimate of drug-likeness (QED) is 0.235. The van der Waals surface area contributed by atoms with Gasteiger partial charge >= 0.3 is 5.97 Å². The highest BCUT2D eigenvalue weighted by atomic mass is 35.5. The normalized spacial score (nSPS) is 14.7. The number of benzene rings is 2. The molecule has 1 fully saturated rings. The molecule has 0 atom stereocenters. The number of hydrogen-bond donors (Lipinski definition) is 0. The molecule has 2 aromatic carbocycles. The summed E-state index contributed by atoms with van der Waals surface area (Å²) in [5.74, 6) is 0.427. The molecule has 0 aromatic heterocycles. The lowest BCUT2D eigenvalue weighted by atomic mass is 10.1. The van der Waals surface area contributed by atoms with Crippen molar-refractivity contribution in [1.29, 1.82) is 0 Å². The Bertz CT molecular complexity index is 1110. The van der Waals surface area contributed by atoms with Crippen LogP contribution in [-0.4, -0.2) is 41.4 Å². The first-order valence-corrected chi connectivity index (χ1v) is 12.0. The first-order valence-electron chi connectivity index (χ1n) is 9.98. The summed E-state index contributed by atoms with van der Waals surface area (Å²) in [4.78, 5) is 26.2. The summed E-state index contributed by atoms with van der Waals surface area (Å²) in [6.45, 7) is 2.46. The molecule has 3 rings (SSSR count).